The molecule has 1 aromatic carbocycles. The third-order valence-electron chi connectivity index (χ3n) is 2.11. The summed E-state index contributed by atoms with van der Waals surface area (Å²) in [7, 11) is 0. The van der Waals surface area contributed by atoms with Crippen LogP contribution in [0, 0.1) is 0 Å². The maximum absolute atomic E-state index is 14.2. The van der Waals surface area contributed by atoms with E-state index in [0.717, 1.165) is 0 Å². The maximum atomic E-state index is 14.2. The summed E-state index contributed by atoms with van der Waals surface area (Å²) in [4.78, 5) is 11.4. The second kappa shape index (κ2) is 4.89. The van der Waals surface area contributed by atoms with E-state index in [0.29, 0.717) is 0 Å². The molecule has 0 unspecified atom stereocenters. The van der Waals surface area contributed by atoms with Crippen LogP contribution in [0.3, 0.4) is 0 Å². The van der Waals surface area contributed by atoms with Crippen molar-refractivity contribution in [2.75, 3.05) is 13.2 Å². The van der Waals surface area contributed by atoms with Gasteiger partial charge in [0.1, 0.15) is 0 Å². The summed E-state index contributed by atoms with van der Waals surface area (Å²) >= 11 is 0. The Kier molecular flexibility index (Phi) is 3.80. The molecule has 0 saturated heterocycles. The van der Waals surface area contributed by atoms with Gasteiger partial charge in [-0.2, -0.15) is 0 Å². The van der Waals surface area contributed by atoms with E-state index in [1.807, 2.05) is 0 Å². The van der Waals surface area contributed by atoms with Gasteiger partial charge in [0.25, 0.3) is 0 Å². The summed E-state index contributed by atoms with van der Waals surface area (Å²) in [6, 6.07) is 8.08. The molecule has 1 atom stereocenters. The molecular weight excluding hydrogens is 197 g/mol. The van der Waals surface area contributed by atoms with Crippen LogP contribution in [0.15, 0.2) is 30.3 Å². The molecule has 0 fully saturated rings. The van der Waals surface area contributed by atoms with Gasteiger partial charge in [0, 0.05) is 12.1 Å². The molecule has 0 saturated carbocycles. The molecule has 0 aliphatic carbocycles. The SMILES string of the molecule is CCOC(=O)[C@](F)(CN)c1ccccc1. The quantitative estimate of drug-likeness (QED) is 0.765. The van der Waals surface area contributed by atoms with Crippen molar-refractivity contribution in [3.05, 3.63) is 35.9 Å². The van der Waals surface area contributed by atoms with Crippen LogP contribution in [0.1, 0.15) is 12.5 Å². The van der Waals surface area contributed by atoms with Gasteiger partial charge < -0.3 is 10.5 Å². The van der Waals surface area contributed by atoms with E-state index in [9.17, 15) is 9.18 Å². The van der Waals surface area contributed by atoms with Crippen LogP contribution in [-0.4, -0.2) is 19.1 Å². The van der Waals surface area contributed by atoms with Crippen LogP contribution >= 0.6 is 0 Å². The molecule has 3 nitrogen and oxygen atoms in total. The molecule has 0 amide bonds. The summed E-state index contributed by atoms with van der Waals surface area (Å²) in [5, 5.41) is 0. The van der Waals surface area contributed by atoms with Gasteiger partial charge in [0.05, 0.1) is 6.61 Å². The fourth-order valence-corrected chi connectivity index (χ4v) is 1.27. The Morgan fingerprint density at radius 3 is 2.53 bits per heavy atom. The van der Waals surface area contributed by atoms with E-state index in [2.05, 4.69) is 4.74 Å². The van der Waals surface area contributed by atoms with E-state index in [1.54, 1.807) is 25.1 Å². The summed E-state index contributed by atoms with van der Waals surface area (Å²) in [5.74, 6) is -0.932. The average molecular weight is 211 g/mol. The Morgan fingerprint density at radius 2 is 2.07 bits per heavy atom. The van der Waals surface area contributed by atoms with Crippen LogP contribution in [0.2, 0.25) is 0 Å². The molecule has 2 N–H and O–H groups in total. The van der Waals surface area contributed by atoms with Gasteiger partial charge in [-0.15, -0.1) is 0 Å². The third-order valence-corrected chi connectivity index (χ3v) is 2.11. The topological polar surface area (TPSA) is 52.3 Å². The number of halogens is 1. The van der Waals surface area contributed by atoms with E-state index >= 15 is 0 Å². The molecule has 0 aromatic heterocycles. The smallest absolute Gasteiger partial charge is 0.349 e. The van der Waals surface area contributed by atoms with Crippen molar-refractivity contribution in [1.29, 1.82) is 0 Å². The maximum Gasteiger partial charge on any atom is 0.349 e. The number of ether oxygens (including phenoxy) is 1. The highest BCUT2D eigenvalue weighted by Gasteiger charge is 2.40. The fourth-order valence-electron chi connectivity index (χ4n) is 1.27. The lowest BCUT2D eigenvalue weighted by atomic mass is 9.96. The second-order valence-corrected chi connectivity index (χ2v) is 3.09. The lowest BCUT2D eigenvalue weighted by Crippen LogP contribution is -2.40. The first-order valence-electron chi connectivity index (χ1n) is 4.77. The number of esters is 1. The van der Waals surface area contributed by atoms with Gasteiger partial charge in [-0.25, -0.2) is 9.18 Å². The summed E-state index contributed by atoms with van der Waals surface area (Å²) in [6.45, 7) is 1.34. The van der Waals surface area contributed by atoms with Gasteiger partial charge in [-0.3, -0.25) is 0 Å². The summed E-state index contributed by atoms with van der Waals surface area (Å²) in [5.41, 5.74) is 3.28. The third kappa shape index (κ3) is 2.33. The number of carbonyl (C=O) groups is 1. The molecule has 0 radical (unpaired) electrons. The van der Waals surface area contributed by atoms with Gasteiger partial charge in [0.15, 0.2) is 0 Å². The number of hydrogen-bond acceptors (Lipinski definition) is 3. The van der Waals surface area contributed by atoms with E-state index in [-0.39, 0.29) is 12.2 Å². The lowest BCUT2D eigenvalue weighted by molar-refractivity contribution is -0.157. The molecule has 4 heteroatoms. The zero-order chi connectivity index (χ0) is 11.3. The fraction of sp³-hybridized carbons (Fsp3) is 0.364. The first kappa shape index (κ1) is 11.7. The molecule has 1 aromatic rings. The van der Waals surface area contributed by atoms with Crippen molar-refractivity contribution in [3.63, 3.8) is 0 Å². The predicted molar refractivity (Wildman–Crippen MR) is 54.9 cm³/mol. The highest BCUT2D eigenvalue weighted by atomic mass is 19.1. The van der Waals surface area contributed by atoms with Crippen molar-refractivity contribution < 1.29 is 13.9 Å². The van der Waals surface area contributed by atoms with Crippen LogP contribution in [0.5, 0.6) is 0 Å². The molecule has 82 valence electrons. The molecule has 0 aliphatic rings. The first-order chi connectivity index (χ1) is 7.15. The van der Waals surface area contributed by atoms with Gasteiger partial charge in [-0.05, 0) is 6.92 Å². The minimum atomic E-state index is -2.24. The van der Waals surface area contributed by atoms with Gasteiger partial charge in [-0.1, -0.05) is 30.3 Å². The monoisotopic (exact) mass is 211 g/mol. The normalized spacial score (nSPS) is 14.3. The second-order valence-electron chi connectivity index (χ2n) is 3.09. The minimum Gasteiger partial charge on any atom is -0.463 e. The molecule has 1 rings (SSSR count). The molecule has 0 spiro atoms. The number of carbonyl (C=O) groups excluding carboxylic acids is 1. The first-order valence-corrected chi connectivity index (χ1v) is 4.77. The number of nitrogens with two attached hydrogens (primary N) is 1. The lowest BCUT2D eigenvalue weighted by Gasteiger charge is -2.21. The van der Waals surface area contributed by atoms with E-state index in [1.165, 1.54) is 12.1 Å². The van der Waals surface area contributed by atoms with Crippen LogP contribution in [-0.2, 0) is 15.2 Å². The Morgan fingerprint density at radius 1 is 1.47 bits per heavy atom. The minimum absolute atomic E-state index is 0.136. The van der Waals surface area contributed by atoms with Crippen LogP contribution in [0.25, 0.3) is 0 Å². The summed E-state index contributed by atoms with van der Waals surface area (Å²) < 4.78 is 18.9. The zero-order valence-corrected chi connectivity index (χ0v) is 8.57. The van der Waals surface area contributed by atoms with E-state index in [4.69, 9.17) is 5.73 Å². The molecule has 0 bridgehead atoms. The van der Waals surface area contributed by atoms with Crippen molar-refractivity contribution in [2.24, 2.45) is 5.73 Å². The number of hydrogen-bond donors (Lipinski definition) is 1. The molecule has 15 heavy (non-hydrogen) atoms. The summed E-state index contributed by atoms with van der Waals surface area (Å²) in [6.07, 6.45) is 0. The van der Waals surface area contributed by atoms with Crippen LogP contribution in [0.4, 0.5) is 4.39 Å². The highest BCUT2D eigenvalue weighted by Crippen LogP contribution is 2.26. The Bertz CT molecular complexity index is 329. The molecular formula is C11H14FNO2. The molecule has 0 aliphatic heterocycles. The number of alkyl halides is 1. The van der Waals surface area contributed by atoms with Crippen molar-refractivity contribution in [1.82, 2.24) is 0 Å². The Labute approximate surface area is 88.0 Å². The molecule has 0 heterocycles. The Balaban J connectivity index is 3.00. The largest absolute Gasteiger partial charge is 0.463 e. The Hall–Kier alpha value is -1.42. The number of benzene rings is 1. The van der Waals surface area contributed by atoms with Crippen LogP contribution < -0.4 is 5.73 Å². The highest BCUT2D eigenvalue weighted by molar-refractivity contribution is 5.81. The van der Waals surface area contributed by atoms with Crippen molar-refractivity contribution >= 4 is 5.97 Å². The standard InChI is InChI=1S/C11H14FNO2/c1-2-15-10(14)11(12,8-13)9-6-4-3-5-7-9/h3-7H,2,8,13H2,1H3/t11-/m0/s1. The number of rotatable bonds is 4. The van der Waals surface area contributed by atoms with Crippen molar-refractivity contribution in [2.45, 2.75) is 12.6 Å². The average Bonchev–Trinajstić information content (AvgIpc) is 2.29. The van der Waals surface area contributed by atoms with Crippen molar-refractivity contribution in [3.8, 4) is 0 Å². The zero-order valence-electron chi connectivity index (χ0n) is 8.57. The van der Waals surface area contributed by atoms with Gasteiger partial charge in [0.2, 0.25) is 5.67 Å². The predicted octanol–water partition coefficient (Wildman–Crippen LogP) is 1.37. The van der Waals surface area contributed by atoms with E-state index < -0.39 is 18.2 Å². The van der Waals surface area contributed by atoms with Gasteiger partial charge >= 0.3 is 5.97 Å².